The van der Waals surface area contributed by atoms with Crippen molar-refractivity contribution in [1.29, 1.82) is 0 Å². The third-order valence-corrected chi connectivity index (χ3v) is 11.2. The van der Waals surface area contributed by atoms with Gasteiger partial charge in [-0.05, 0) is 71.3 Å². The number of aromatic nitrogens is 4. The third kappa shape index (κ3) is 6.97. The van der Waals surface area contributed by atoms with Gasteiger partial charge in [0.05, 0.1) is 17.1 Å². The minimum absolute atomic E-state index is 0. The van der Waals surface area contributed by atoms with Gasteiger partial charge in [-0.2, -0.15) is 58.5 Å². The van der Waals surface area contributed by atoms with E-state index in [1.54, 1.807) is 0 Å². The van der Waals surface area contributed by atoms with E-state index in [0.29, 0.717) is 0 Å². The molecule has 0 amide bonds. The second kappa shape index (κ2) is 16.4. The molecule has 8 heteroatoms. The molecule has 6 nitrogen and oxygen atoms in total. The molecule has 61 heavy (non-hydrogen) atoms. The Kier molecular flexibility index (Phi) is 10.3. The van der Waals surface area contributed by atoms with Crippen LogP contribution >= 0.6 is 0 Å². The van der Waals surface area contributed by atoms with Crippen LogP contribution in [0.2, 0.25) is 0 Å². The molecule has 0 N–H and O–H groups in total. The van der Waals surface area contributed by atoms with Crippen molar-refractivity contribution < 1.29 is 21.1 Å². The molecule has 0 atom stereocenters. The predicted octanol–water partition coefficient (Wildman–Crippen LogP) is 9.73. The zero-order valence-electron chi connectivity index (χ0n) is 32.9. The van der Waals surface area contributed by atoms with Gasteiger partial charge < -0.3 is 14.4 Å². The van der Waals surface area contributed by atoms with Crippen molar-refractivity contribution >= 4 is 56.3 Å². The average Bonchev–Trinajstić information content (AvgIpc) is 4.06. The molecule has 0 saturated heterocycles. The van der Waals surface area contributed by atoms with Crippen LogP contribution in [-0.2, 0) is 21.1 Å². The summed E-state index contributed by atoms with van der Waals surface area (Å²) in [6.45, 7) is 1.74. The third-order valence-electron chi connectivity index (χ3n) is 11.2. The Bertz CT molecular complexity index is 3130. The maximum Gasteiger partial charge on any atom is 0.197 e. The SMILES string of the molecule is [Pt].[c-]1c(B(c2[c-]c3c(cc2)c2ccccc2n3-c2ccccn2)c2c(-c3ccccc3)nn(-c3ccccc3)c2-c2ccccc2)cccc1N1C=CN(c2ccccc2)[CH-]1. The maximum absolute atomic E-state index is 5.54. The fraction of sp³-hybridized carbons (Fsp3) is 0. The molecule has 294 valence electrons. The van der Waals surface area contributed by atoms with Crippen molar-refractivity contribution in [3.8, 4) is 34.0 Å². The molecule has 3 aromatic heterocycles. The number of pyridine rings is 1. The van der Waals surface area contributed by atoms with Crippen molar-refractivity contribution in [2.75, 3.05) is 9.80 Å². The Morgan fingerprint density at radius 2 is 1.15 bits per heavy atom. The molecule has 0 fully saturated rings. The van der Waals surface area contributed by atoms with Crippen LogP contribution in [0, 0.1) is 18.8 Å². The molecule has 0 radical (unpaired) electrons. The fourth-order valence-corrected chi connectivity index (χ4v) is 8.47. The van der Waals surface area contributed by atoms with Crippen molar-refractivity contribution in [2.24, 2.45) is 0 Å². The van der Waals surface area contributed by atoms with Crippen LogP contribution in [0.4, 0.5) is 11.4 Å². The summed E-state index contributed by atoms with van der Waals surface area (Å²) in [7, 11) is 0. The van der Waals surface area contributed by atoms with E-state index in [2.05, 4.69) is 220 Å². The fourth-order valence-electron chi connectivity index (χ4n) is 8.47. The summed E-state index contributed by atoms with van der Waals surface area (Å²) in [4.78, 5) is 9.10. The summed E-state index contributed by atoms with van der Waals surface area (Å²) in [5, 5.41) is 7.81. The quantitative estimate of drug-likeness (QED) is 0.107. The van der Waals surface area contributed by atoms with Crippen LogP contribution in [0.15, 0.2) is 213 Å². The standard InChI is InChI=1S/C53H36BN6.Pt/c1-5-18-39(19-6-1)52-51(53(40-20-7-2-8-21-40)60(56-52)44-25-11-4-12-26-44)54(41-22-17-27-45(36-41)58-35-34-57(38-58)43-23-9-3-10-24-43)42-31-32-47-46-28-13-14-29-48(46)59(49(47)37-42)50-30-15-16-33-55-50;/h1-35,38H;/q-3;. The van der Waals surface area contributed by atoms with Crippen LogP contribution < -0.4 is 26.2 Å². The number of benzene rings is 7. The van der Waals surface area contributed by atoms with Crippen LogP contribution in [0.3, 0.4) is 0 Å². The van der Waals surface area contributed by atoms with Crippen molar-refractivity contribution in [3.63, 3.8) is 0 Å². The number of fused-ring (bicyclic) bond motifs is 3. The first-order chi connectivity index (χ1) is 29.8. The van der Waals surface area contributed by atoms with Gasteiger partial charge in [-0.15, -0.1) is 17.7 Å². The summed E-state index contributed by atoms with van der Waals surface area (Å²) in [5.74, 6) is 0.841. The molecule has 7 aromatic carbocycles. The summed E-state index contributed by atoms with van der Waals surface area (Å²) >= 11 is 0. The van der Waals surface area contributed by atoms with E-state index in [1.165, 1.54) is 0 Å². The average molecular weight is 963 g/mol. The molecule has 1 aliphatic rings. The van der Waals surface area contributed by atoms with E-state index in [9.17, 15) is 0 Å². The first kappa shape index (κ1) is 38.0. The van der Waals surface area contributed by atoms with E-state index in [4.69, 9.17) is 10.1 Å². The number of rotatable bonds is 9. The molecule has 0 unspecified atom stereocenters. The first-order valence-corrected chi connectivity index (χ1v) is 20.1. The molecular weight excluding hydrogens is 927 g/mol. The zero-order valence-corrected chi connectivity index (χ0v) is 35.1. The first-order valence-electron chi connectivity index (χ1n) is 20.1. The molecule has 10 aromatic rings. The van der Waals surface area contributed by atoms with E-state index in [-0.39, 0.29) is 27.8 Å². The Hall–Kier alpha value is -7.21. The van der Waals surface area contributed by atoms with Crippen molar-refractivity contribution in [2.45, 2.75) is 0 Å². The second-order valence-electron chi connectivity index (χ2n) is 14.8. The van der Waals surface area contributed by atoms with Crippen LogP contribution in [0.1, 0.15) is 0 Å². The zero-order chi connectivity index (χ0) is 39.8. The van der Waals surface area contributed by atoms with Gasteiger partial charge >= 0.3 is 0 Å². The Balaban J connectivity index is 0.00000445. The van der Waals surface area contributed by atoms with Crippen molar-refractivity contribution in [3.05, 3.63) is 232 Å². The molecule has 4 heterocycles. The number of para-hydroxylation sites is 3. The van der Waals surface area contributed by atoms with Gasteiger partial charge in [-0.25, -0.2) is 9.67 Å². The Morgan fingerprint density at radius 3 is 1.89 bits per heavy atom. The monoisotopic (exact) mass is 962 g/mol. The van der Waals surface area contributed by atoms with Crippen LogP contribution in [0.25, 0.3) is 55.8 Å². The van der Waals surface area contributed by atoms with Gasteiger partial charge in [0.1, 0.15) is 5.82 Å². The minimum atomic E-state index is -0.357. The molecule has 11 rings (SSSR count). The number of hydrogen-bond donors (Lipinski definition) is 0. The molecule has 0 aliphatic carbocycles. The van der Waals surface area contributed by atoms with E-state index >= 15 is 0 Å². The summed E-state index contributed by atoms with van der Waals surface area (Å²) in [5.41, 5.74) is 12.1. The van der Waals surface area contributed by atoms with Gasteiger partial charge in [0.25, 0.3) is 0 Å². The molecule has 1 aliphatic heterocycles. The Morgan fingerprint density at radius 1 is 0.508 bits per heavy atom. The van der Waals surface area contributed by atoms with Crippen molar-refractivity contribution in [1.82, 2.24) is 19.3 Å². The second-order valence-corrected chi connectivity index (χ2v) is 14.8. The normalized spacial score (nSPS) is 12.3. The number of anilines is 2. The predicted molar refractivity (Wildman–Crippen MR) is 247 cm³/mol. The van der Waals surface area contributed by atoms with Crippen LogP contribution in [0.5, 0.6) is 0 Å². The van der Waals surface area contributed by atoms with Gasteiger partial charge in [-0.1, -0.05) is 127 Å². The minimum Gasteiger partial charge on any atom is -0.500 e. The molecular formula is C53H36BN6Pt-3. The smallest absolute Gasteiger partial charge is 0.197 e. The van der Waals surface area contributed by atoms with Gasteiger partial charge in [0, 0.05) is 44.0 Å². The Labute approximate surface area is 370 Å². The number of nitrogens with zero attached hydrogens (tertiary/aromatic N) is 6. The maximum atomic E-state index is 5.54. The van der Waals surface area contributed by atoms with E-state index in [0.717, 1.165) is 83.6 Å². The van der Waals surface area contributed by atoms with E-state index in [1.807, 2.05) is 30.5 Å². The van der Waals surface area contributed by atoms with Gasteiger partial charge in [0.15, 0.2) is 6.71 Å². The number of hydrogen-bond acceptors (Lipinski definition) is 4. The van der Waals surface area contributed by atoms with Gasteiger partial charge in [0.2, 0.25) is 0 Å². The molecule has 0 bridgehead atoms. The molecule has 0 spiro atoms. The van der Waals surface area contributed by atoms with Crippen LogP contribution in [-0.4, -0.2) is 26.0 Å². The largest absolute Gasteiger partial charge is 0.500 e. The topological polar surface area (TPSA) is 42.1 Å². The van der Waals surface area contributed by atoms with Gasteiger partial charge in [-0.3, -0.25) is 0 Å². The summed E-state index contributed by atoms with van der Waals surface area (Å²) < 4.78 is 4.35. The summed E-state index contributed by atoms with van der Waals surface area (Å²) in [6, 6.07) is 75.4. The van der Waals surface area contributed by atoms with E-state index < -0.39 is 0 Å². The molecule has 0 saturated carbocycles. The summed E-state index contributed by atoms with van der Waals surface area (Å²) in [6.07, 6.45) is 6.01.